The average Bonchev–Trinajstić information content (AvgIpc) is 1.38. The van der Waals surface area contributed by atoms with Crippen LogP contribution >= 0.6 is 7.91 Å². The van der Waals surface area contributed by atoms with Crippen LogP contribution in [-0.2, 0) is 0 Å². The predicted molar refractivity (Wildman–Crippen MR) is 30.7 cm³/mol. The van der Waals surface area contributed by atoms with Crippen molar-refractivity contribution in [2.75, 3.05) is 0 Å². The molecule has 0 saturated carbocycles. The fraction of sp³-hybridized carbons (Fsp3) is 0.667. The van der Waals surface area contributed by atoms with Crippen molar-refractivity contribution in [3.63, 3.8) is 0 Å². The highest BCUT2D eigenvalue weighted by atomic mass is 31.0. The first-order valence-corrected chi connectivity index (χ1v) is 2.89. The predicted octanol–water partition coefficient (Wildman–Crippen LogP) is 1.50. The van der Waals surface area contributed by atoms with Crippen molar-refractivity contribution in [1.82, 2.24) is 0 Å². The van der Waals surface area contributed by atoms with Gasteiger partial charge in [0, 0.05) is 0 Å². The van der Waals surface area contributed by atoms with Gasteiger partial charge in [-0.05, 0) is 0 Å². The zero-order chi connectivity index (χ0) is 4.28. The molecule has 0 N–H and O–H groups in total. The Morgan fingerprint density at radius 2 is 1.80 bits per heavy atom. The van der Waals surface area contributed by atoms with Gasteiger partial charge >= 0.3 is 0 Å². The van der Waals surface area contributed by atoms with E-state index in [-0.39, 0.29) is 0 Å². The lowest BCUT2D eigenvalue weighted by molar-refractivity contribution is 2.11. The zero-order valence-corrected chi connectivity index (χ0v) is 4.65. The second-order valence-corrected chi connectivity index (χ2v) is 2.81. The normalized spacial score (nSPS) is 8.20. The highest BCUT2D eigenvalue weighted by molar-refractivity contribution is 7.67. The summed E-state index contributed by atoms with van der Waals surface area (Å²) in [5, 5.41) is 0. The van der Waals surface area contributed by atoms with Crippen molar-refractivity contribution in [2.24, 2.45) is 0 Å². The smallest absolute Gasteiger partial charge is 0.165 e. The molecule has 0 aliphatic heterocycles. The summed E-state index contributed by atoms with van der Waals surface area (Å²) in [6.07, 6.45) is 5.89. The van der Waals surface area contributed by atoms with Gasteiger partial charge < -0.3 is 0 Å². The lowest BCUT2D eigenvalue weighted by Crippen LogP contribution is -1.79. The average molecular weight is 85.9 g/mol. The Labute approximate surface area is 35.1 Å². The molecule has 0 nitrogen and oxygen atoms in total. The van der Waals surface area contributed by atoms with Crippen LogP contribution in [0, 0.1) is 6.13 Å². The first kappa shape index (κ1) is 5.14. The van der Waals surface area contributed by atoms with Crippen molar-refractivity contribution < 1.29 is 0 Å². The molecule has 1 atom stereocenters. The van der Waals surface area contributed by atoms with Crippen LogP contribution in [0.15, 0.2) is 0 Å². The first-order chi connectivity index (χ1) is 2.27. The van der Waals surface area contributed by atoms with E-state index in [9.17, 15) is 0 Å². The summed E-state index contributed by atoms with van der Waals surface area (Å²) in [6, 6.07) is 0. The molecule has 0 aliphatic rings. The summed E-state index contributed by atoms with van der Waals surface area (Å²) in [5.74, 6) is 0. The zero-order valence-electron chi connectivity index (χ0n) is 3.65. The van der Waals surface area contributed by atoms with Gasteiger partial charge in [-0.3, -0.25) is 0 Å². The largest absolute Gasteiger partial charge is 0.192 e. The highest BCUT2D eigenvalue weighted by Gasteiger charge is 1.81. The van der Waals surface area contributed by atoms with E-state index in [1.165, 1.54) is 0 Å². The van der Waals surface area contributed by atoms with E-state index >= 15 is 0 Å². The van der Waals surface area contributed by atoms with E-state index in [1.54, 1.807) is 0 Å². The second kappa shape index (κ2) is 2.39. The van der Waals surface area contributed by atoms with Crippen molar-refractivity contribution in [2.45, 2.75) is 13.6 Å². The molecule has 0 fully saturated rings. The minimum atomic E-state index is 0.614. The summed E-state index contributed by atoms with van der Waals surface area (Å²) in [4.78, 5) is 0. The van der Waals surface area contributed by atoms with Gasteiger partial charge in [0.25, 0.3) is 0 Å². The number of hydrogen-bond donors (Lipinski definition) is 0. The third-order valence-electron chi connectivity index (χ3n) is 0.333. The Balaban J connectivity index is 2.94. The van der Waals surface area contributed by atoms with Crippen molar-refractivity contribution in [3.8, 4) is 6.13 Å². The van der Waals surface area contributed by atoms with Crippen LogP contribution in [0.4, 0.5) is 0 Å². The fourth-order valence-corrected chi connectivity index (χ4v) is 0. The van der Waals surface area contributed by atoms with Crippen molar-refractivity contribution in [1.29, 1.82) is 0 Å². The van der Waals surface area contributed by atoms with E-state index in [1.807, 2.05) is 0 Å². The quantitative estimate of drug-likeness (QED) is 0.309. The van der Waals surface area contributed by atoms with E-state index in [0.717, 1.165) is 0 Å². The topological polar surface area (TPSA) is 0 Å². The van der Waals surface area contributed by atoms with Gasteiger partial charge in [-0.15, -0.1) is 0 Å². The Hall–Kier alpha value is 0.145. The van der Waals surface area contributed by atoms with Crippen LogP contribution in [0.25, 0.3) is 0 Å². The molecule has 2 heteroatoms. The SMILES string of the molecule is C#[PH]B(C)C. The summed E-state index contributed by atoms with van der Waals surface area (Å²) < 4.78 is 0. The molecule has 1 unspecified atom stereocenters. The molecule has 0 aliphatic carbocycles. The maximum Gasteiger partial charge on any atom is 0.192 e. The minimum absolute atomic E-state index is 0.614. The number of hydrogen-bond acceptors (Lipinski definition) is 0. The minimum Gasteiger partial charge on any atom is -0.165 e. The summed E-state index contributed by atoms with van der Waals surface area (Å²) in [6.45, 7) is 4.22. The third-order valence-corrected chi connectivity index (χ3v) is 1.00. The second-order valence-electron chi connectivity index (χ2n) is 1.32. The Kier molecular flexibility index (Phi) is 2.46. The summed E-state index contributed by atoms with van der Waals surface area (Å²) in [5.41, 5.74) is 0. The Morgan fingerprint density at radius 3 is 1.80 bits per heavy atom. The van der Waals surface area contributed by atoms with Gasteiger partial charge in [-0.1, -0.05) is 13.6 Å². The van der Waals surface area contributed by atoms with Gasteiger partial charge in [-0.25, -0.2) is 0 Å². The molecule has 0 bridgehead atoms. The fourth-order valence-electron chi connectivity index (χ4n) is 0. The Morgan fingerprint density at radius 1 is 1.60 bits per heavy atom. The molecule has 0 rings (SSSR count). The number of rotatable bonds is 0. The van der Waals surface area contributed by atoms with Crippen LogP contribution < -0.4 is 0 Å². The Bertz CT molecular complexity index is 52.4. The highest BCUT2D eigenvalue weighted by Crippen LogP contribution is 1.92. The molecule has 5 heavy (non-hydrogen) atoms. The molecule has 0 radical (unpaired) electrons. The van der Waals surface area contributed by atoms with Crippen LogP contribution in [0.3, 0.4) is 0 Å². The molecule has 0 heterocycles. The van der Waals surface area contributed by atoms with E-state index in [4.69, 9.17) is 6.13 Å². The van der Waals surface area contributed by atoms with Crippen molar-refractivity contribution >= 4 is 14.3 Å². The van der Waals surface area contributed by atoms with Gasteiger partial charge in [0.05, 0.1) is 0 Å². The van der Waals surface area contributed by atoms with E-state index < -0.39 is 0 Å². The molecule has 0 aromatic rings. The lowest BCUT2D eigenvalue weighted by Gasteiger charge is -1.74. The molecule has 0 aromatic carbocycles. The monoisotopic (exact) mass is 86.0 g/mol. The standard InChI is InChI=1S/C3H8BP/c1-4(2)5-3/h3,5H,1-2H3. The van der Waals surface area contributed by atoms with Gasteiger partial charge in [0.15, 0.2) is 6.43 Å². The van der Waals surface area contributed by atoms with Gasteiger partial charge in [0.1, 0.15) is 0 Å². The van der Waals surface area contributed by atoms with Crippen molar-refractivity contribution in [3.05, 3.63) is 0 Å². The first-order valence-electron chi connectivity index (χ1n) is 1.73. The van der Waals surface area contributed by atoms with Crippen LogP contribution in [0.1, 0.15) is 0 Å². The molecule has 0 amide bonds. The van der Waals surface area contributed by atoms with E-state index in [2.05, 4.69) is 13.6 Å². The lowest BCUT2D eigenvalue weighted by atomic mass is 9.84. The maximum atomic E-state index is 5.20. The molecular weight excluding hydrogens is 77.8 g/mol. The molecular formula is C3H8BP. The van der Waals surface area contributed by atoms with Gasteiger partial charge in [-0.2, -0.15) is 14.0 Å². The van der Waals surface area contributed by atoms with Crippen LogP contribution in [0.5, 0.6) is 0 Å². The molecule has 28 valence electrons. The molecule has 0 spiro atoms. The van der Waals surface area contributed by atoms with Crippen LogP contribution in [0.2, 0.25) is 13.6 Å². The summed E-state index contributed by atoms with van der Waals surface area (Å²) in [7, 11) is 0.614. The molecule has 0 saturated heterocycles. The van der Waals surface area contributed by atoms with Gasteiger partial charge in [0.2, 0.25) is 0 Å². The maximum absolute atomic E-state index is 5.20. The molecule has 0 aromatic heterocycles. The third kappa shape index (κ3) is 4.14. The summed E-state index contributed by atoms with van der Waals surface area (Å²) >= 11 is 0. The van der Waals surface area contributed by atoms with Crippen LogP contribution in [-0.4, -0.2) is 6.43 Å². The van der Waals surface area contributed by atoms with E-state index in [0.29, 0.717) is 14.3 Å².